The maximum atomic E-state index is 12.8. The first-order valence-corrected chi connectivity index (χ1v) is 8.55. The highest BCUT2D eigenvalue weighted by atomic mass is 16.5. The Labute approximate surface area is 147 Å². The van der Waals surface area contributed by atoms with Crippen LogP contribution >= 0.6 is 0 Å². The molecule has 0 spiro atoms. The maximum absolute atomic E-state index is 12.8. The Kier molecular flexibility index (Phi) is 5.13. The van der Waals surface area contributed by atoms with Gasteiger partial charge < -0.3 is 24.6 Å². The largest absolute Gasteiger partial charge is 0.497 e. The van der Waals surface area contributed by atoms with Crippen molar-refractivity contribution < 1.29 is 19.1 Å². The molecule has 0 radical (unpaired) electrons. The third kappa shape index (κ3) is 3.42. The van der Waals surface area contributed by atoms with Crippen LogP contribution in [0.3, 0.4) is 0 Å². The number of hydrogen-bond donors (Lipinski definition) is 1. The molecule has 1 aromatic carbocycles. The van der Waals surface area contributed by atoms with Gasteiger partial charge in [0.05, 0.1) is 25.8 Å². The van der Waals surface area contributed by atoms with Gasteiger partial charge in [-0.15, -0.1) is 0 Å². The standard InChI is InChI=1S/C18H25N3O4/c1-20(13-6-7-19-10-13)18(23)12-8-17(22)21(11-12)15-5-4-14(24-2)9-16(15)25-3/h4-5,9,12-13,19H,6-8,10-11H2,1-3H3/t12-,13+/m0/s1. The Bertz CT molecular complexity index is 658. The van der Waals surface area contributed by atoms with Gasteiger partial charge >= 0.3 is 0 Å². The number of rotatable bonds is 5. The summed E-state index contributed by atoms with van der Waals surface area (Å²) in [5, 5.41) is 3.27. The Hall–Kier alpha value is -2.28. The number of likely N-dealkylation sites (N-methyl/N-ethyl adjacent to an activating group) is 1. The fourth-order valence-corrected chi connectivity index (χ4v) is 3.55. The third-order valence-electron chi connectivity index (χ3n) is 5.08. The van der Waals surface area contributed by atoms with Crippen LogP contribution in [0.15, 0.2) is 18.2 Å². The molecule has 136 valence electrons. The lowest BCUT2D eigenvalue weighted by atomic mass is 10.1. The van der Waals surface area contributed by atoms with Crippen molar-refractivity contribution in [2.45, 2.75) is 18.9 Å². The van der Waals surface area contributed by atoms with Gasteiger partial charge in [-0.25, -0.2) is 0 Å². The van der Waals surface area contributed by atoms with Gasteiger partial charge in [-0.3, -0.25) is 9.59 Å². The Balaban J connectivity index is 1.75. The molecule has 2 heterocycles. The van der Waals surface area contributed by atoms with Crippen LogP contribution < -0.4 is 19.7 Å². The van der Waals surface area contributed by atoms with E-state index >= 15 is 0 Å². The van der Waals surface area contributed by atoms with E-state index in [0.717, 1.165) is 19.5 Å². The lowest BCUT2D eigenvalue weighted by Gasteiger charge is -2.26. The highest BCUT2D eigenvalue weighted by Gasteiger charge is 2.39. The predicted molar refractivity (Wildman–Crippen MR) is 94.1 cm³/mol. The monoisotopic (exact) mass is 347 g/mol. The number of carbonyl (C=O) groups excluding carboxylic acids is 2. The summed E-state index contributed by atoms with van der Waals surface area (Å²) >= 11 is 0. The second-order valence-corrected chi connectivity index (χ2v) is 6.54. The van der Waals surface area contributed by atoms with E-state index in [1.165, 1.54) is 0 Å². The van der Waals surface area contributed by atoms with Crippen LogP contribution in [0.2, 0.25) is 0 Å². The number of nitrogens with one attached hydrogen (secondary N) is 1. The number of amides is 2. The molecule has 7 nitrogen and oxygen atoms in total. The van der Waals surface area contributed by atoms with Crippen molar-refractivity contribution in [3.8, 4) is 11.5 Å². The zero-order valence-electron chi connectivity index (χ0n) is 14.9. The van der Waals surface area contributed by atoms with Crippen LogP contribution in [0, 0.1) is 5.92 Å². The summed E-state index contributed by atoms with van der Waals surface area (Å²) in [6.45, 7) is 2.13. The predicted octanol–water partition coefficient (Wildman–Crippen LogP) is 0.877. The fourth-order valence-electron chi connectivity index (χ4n) is 3.55. The molecule has 2 amide bonds. The van der Waals surface area contributed by atoms with E-state index in [9.17, 15) is 9.59 Å². The first-order valence-electron chi connectivity index (χ1n) is 8.55. The summed E-state index contributed by atoms with van der Waals surface area (Å²) in [5.41, 5.74) is 0.675. The van der Waals surface area contributed by atoms with Crippen molar-refractivity contribution >= 4 is 17.5 Å². The molecule has 25 heavy (non-hydrogen) atoms. The highest BCUT2D eigenvalue weighted by Crippen LogP contribution is 2.36. The van der Waals surface area contributed by atoms with Gasteiger partial charge in [0, 0.05) is 38.7 Å². The first-order chi connectivity index (χ1) is 12.0. The highest BCUT2D eigenvalue weighted by molar-refractivity contribution is 6.01. The van der Waals surface area contributed by atoms with Crippen LogP contribution in [0.25, 0.3) is 0 Å². The molecule has 3 rings (SSSR count). The van der Waals surface area contributed by atoms with Crippen molar-refractivity contribution in [2.75, 3.05) is 45.8 Å². The molecular weight excluding hydrogens is 322 g/mol. The minimum atomic E-state index is -0.315. The number of carbonyl (C=O) groups is 2. The molecule has 1 aromatic rings. The molecule has 0 aromatic heterocycles. The Morgan fingerprint density at radius 2 is 2.12 bits per heavy atom. The summed E-state index contributed by atoms with van der Waals surface area (Å²) in [4.78, 5) is 28.7. The summed E-state index contributed by atoms with van der Waals surface area (Å²) in [7, 11) is 4.97. The number of ether oxygens (including phenoxy) is 2. The van der Waals surface area contributed by atoms with E-state index in [4.69, 9.17) is 9.47 Å². The van der Waals surface area contributed by atoms with Crippen LogP contribution in [-0.4, -0.2) is 63.7 Å². The molecule has 0 aliphatic carbocycles. The zero-order chi connectivity index (χ0) is 18.0. The van der Waals surface area contributed by atoms with Gasteiger partial charge in [-0.05, 0) is 25.1 Å². The summed E-state index contributed by atoms with van der Waals surface area (Å²) < 4.78 is 10.6. The second kappa shape index (κ2) is 7.31. The number of benzene rings is 1. The van der Waals surface area contributed by atoms with E-state index in [2.05, 4.69) is 5.32 Å². The van der Waals surface area contributed by atoms with Crippen molar-refractivity contribution in [1.29, 1.82) is 0 Å². The molecule has 0 bridgehead atoms. The molecule has 7 heteroatoms. The molecule has 2 fully saturated rings. The Morgan fingerprint density at radius 1 is 1.32 bits per heavy atom. The lowest BCUT2D eigenvalue weighted by Crippen LogP contribution is -2.42. The van der Waals surface area contributed by atoms with Gasteiger partial charge in [-0.1, -0.05) is 0 Å². The van der Waals surface area contributed by atoms with E-state index < -0.39 is 0 Å². The Morgan fingerprint density at radius 3 is 2.76 bits per heavy atom. The molecule has 0 saturated carbocycles. The minimum absolute atomic E-state index is 0.0389. The number of nitrogens with zero attached hydrogens (tertiary/aromatic N) is 2. The quantitative estimate of drug-likeness (QED) is 0.856. The number of hydrogen-bond acceptors (Lipinski definition) is 5. The SMILES string of the molecule is COc1ccc(N2C[C@@H](C(=O)N(C)[C@@H]3CCNC3)CC2=O)c(OC)c1. The molecule has 0 unspecified atom stereocenters. The average Bonchev–Trinajstić information content (AvgIpc) is 3.29. The number of methoxy groups -OCH3 is 2. The third-order valence-corrected chi connectivity index (χ3v) is 5.08. The van der Waals surface area contributed by atoms with Crippen LogP contribution in [-0.2, 0) is 9.59 Å². The van der Waals surface area contributed by atoms with Gasteiger partial charge in [0.2, 0.25) is 11.8 Å². The average molecular weight is 347 g/mol. The summed E-state index contributed by atoms with van der Waals surface area (Å²) in [6, 6.07) is 5.55. The van der Waals surface area contributed by atoms with Crippen molar-refractivity contribution in [2.24, 2.45) is 5.92 Å². The summed E-state index contributed by atoms with van der Waals surface area (Å²) in [5.74, 6) is 0.893. The molecule has 2 atom stereocenters. The zero-order valence-corrected chi connectivity index (χ0v) is 14.9. The molecule has 2 aliphatic heterocycles. The lowest BCUT2D eigenvalue weighted by molar-refractivity contribution is -0.136. The van der Waals surface area contributed by atoms with Gasteiger partial charge in [0.15, 0.2) is 0 Å². The van der Waals surface area contributed by atoms with Crippen molar-refractivity contribution in [3.63, 3.8) is 0 Å². The topological polar surface area (TPSA) is 71.1 Å². The van der Waals surface area contributed by atoms with Gasteiger partial charge in [0.1, 0.15) is 11.5 Å². The second-order valence-electron chi connectivity index (χ2n) is 6.54. The van der Waals surface area contributed by atoms with Crippen LogP contribution in [0.5, 0.6) is 11.5 Å². The molecule has 2 aliphatic rings. The summed E-state index contributed by atoms with van der Waals surface area (Å²) in [6.07, 6.45) is 1.19. The molecule has 1 N–H and O–H groups in total. The van der Waals surface area contributed by atoms with Crippen molar-refractivity contribution in [1.82, 2.24) is 10.2 Å². The van der Waals surface area contributed by atoms with Crippen LogP contribution in [0.4, 0.5) is 5.69 Å². The van der Waals surface area contributed by atoms with E-state index in [-0.39, 0.29) is 30.2 Å². The first kappa shape index (κ1) is 17.5. The maximum Gasteiger partial charge on any atom is 0.228 e. The van der Waals surface area contributed by atoms with Gasteiger partial charge in [-0.2, -0.15) is 0 Å². The smallest absolute Gasteiger partial charge is 0.228 e. The van der Waals surface area contributed by atoms with Gasteiger partial charge in [0.25, 0.3) is 0 Å². The minimum Gasteiger partial charge on any atom is -0.497 e. The molecule has 2 saturated heterocycles. The van der Waals surface area contributed by atoms with Crippen LogP contribution in [0.1, 0.15) is 12.8 Å². The fraction of sp³-hybridized carbons (Fsp3) is 0.556. The van der Waals surface area contributed by atoms with Crippen molar-refractivity contribution in [3.05, 3.63) is 18.2 Å². The van der Waals surface area contributed by atoms with E-state index in [1.54, 1.807) is 42.2 Å². The number of anilines is 1. The molecular formula is C18H25N3O4. The van der Waals surface area contributed by atoms with E-state index in [0.29, 0.717) is 23.7 Å². The van der Waals surface area contributed by atoms with E-state index in [1.807, 2.05) is 7.05 Å². The normalized spacial score (nSPS) is 23.0.